The molecule has 0 rings (SSSR count). The lowest BCUT2D eigenvalue weighted by Gasteiger charge is -2.34. The fourth-order valence-electron chi connectivity index (χ4n) is 1.35. The van der Waals surface area contributed by atoms with Crippen molar-refractivity contribution in [3.05, 3.63) is 0 Å². The van der Waals surface area contributed by atoms with Crippen LogP contribution in [0.1, 0.15) is 41.0 Å². The van der Waals surface area contributed by atoms with Gasteiger partial charge in [0.1, 0.15) is 0 Å². The van der Waals surface area contributed by atoms with Crippen molar-refractivity contribution >= 4 is 0 Å². The van der Waals surface area contributed by atoms with Crippen molar-refractivity contribution < 1.29 is 5.11 Å². The van der Waals surface area contributed by atoms with E-state index in [0.717, 1.165) is 6.42 Å². The molecular formula is C10H24N2O. The first kappa shape index (κ1) is 12.9. The topological polar surface area (TPSA) is 58.3 Å². The van der Waals surface area contributed by atoms with Crippen LogP contribution in [0.5, 0.6) is 0 Å². The molecule has 13 heavy (non-hydrogen) atoms. The molecule has 0 fully saturated rings. The molecule has 0 aromatic carbocycles. The maximum absolute atomic E-state index is 9.24. The molecule has 0 heterocycles. The van der Waals surface area contributed by atoms with Gasteiger partial charge >= 0.3 is 0 Å². The summed E-state index contributed by atoms with van der Waals surface area (Å²) < 4.78 is 0. The van der Waals surface area contributed by atoms with Crippen LogP contribution in [-0.2, 0) is 0 Å². The Labute approximate surface area is 81.7 Å². The maximum Gasteiger partial charge on any atom is 0.0813 e. The summed E-state index contributed by atoms with van der Waals surface area (Å²) in [7, 11) is 0. The lowest BCUT2D eigenvalue weighted by molar-refractivity contribution is 0.121. The van der Waals surface area contributed by atoms with E-state index in [1.54, 1.807) is 6.92 Å². The first-order valence-electron chi connectivity index (χ1n) is 4.98. The van der Waals surface area contributed by atoms with Crippen molar-refractivity contribution in [2.24, 2.45) is 11.1 Å². The van der Waals surface area contributed by atoms with Crippen molar-refractivity contribution in [1.82, 2.24) is 5.32 Å². The highest BCUT2D eigenvalue weighted by Gasteiger charge is 2.25. The Balaban J connectivity index is 4.14. The number of nitrogens with one attached hydrogen (secondary N) is 1. The molecule has 0 radical (unpaired) electrons. The van der Waals surface area contributed by atoms with E-state index in [9.17, 15) is 5.11 Å². The average molecular weight is 188 g/mol. The van der Waals surface area contributed by atoms with E-state index in [2.05, 4.69) is 33.0 Å². The lowest BCUT2D eigenvalue weighted by Crippen LogP contribution is -2.54. The standard InChI is InChI=1S/C10H24N2O/c1-6-8(10(3,4)5)12-9(11)7(2)13/h7-9,12-13H,6,11H2,1-5H3/t7?,8?,9-/m0/s1. The number of aliphatic hydroxyl groups is 1. The van der Waals surface area contributed by atoms with Gasteiger partial charge in [0, 0.05) is 6.04 Å². The first-order valence-corrected chi connectivity index (χ1v) is 4.98. The second-order valence-electron chi connectivity index (χ2n) is 4.76. The predicted octanol–water partition coefficient (Wildman–Crippen LogP) is 1.07. The van der Waals surface area contributed by atoms with Gasteiger partial charge in [-0.05, 0) is 18.8 Å². The van der Waals surface area contributed by atoms with E-state index in [1.165, 1.54) is 0 Å². The first-order chi connectivity index (χ1) is 5.79. The molecule has 2 unspecified atom stereocenters. The van der Waals surface area contributed by atoms with Crippen LogP contribution in [-0.4, -0.2) is 23.4 Å². The van der Waals surface area contributed by atoms with Crippen LogP contribution in [0.25, 0.3) is 0 Å². The van der Waals surface area contributed by atoms with Crippen LogP contribution in [0.2, 0.25) is 0 Å². The van der Waals surface area contributed by atoms with Crippen LogP contribution in [0, 0.1) is 5.41 Å². The molecule has 3 atom stereocenters. The minimum atomic E-state index is -0.503. The van der Waals surface area contributed by atoms with Crippen LogP contribution in [0.4, 0.5) is 0 Å². The van der Waals surface area contributed by atoms with Crippen LogP contribution in [0.15, 0.2) is 0 Å². The number of rotatable bonds is 4. The maximum atomic E-state index is 9.24. The Bertz CT molecular complexity index is 140. The largest absolute Gasteiger partial charge is 0.390 e. The van der Waals surface area contributed by atoms with Crippen LogP contribution in [0.3, 0.4) is 0 Å². The summed E-state index contributed by atoms with van der Waals surface area (Å²) in [5.41, 5.74) is 5.91. The number of hydrogen-bond acceptors (Lipinski definition) is 3. The molecule has 0 saturated heterocycles. The summed E-state index contributed by atoms with van der Waals surface area (Å²) in [5, 5.41) is 12.5. The molecule has 4 N–H and O–H groups in total. The van der Waals surface area contributed by atoms with E-state index in [-0.39, 0.29) is 11.6 Å². The summed E-state index contributed by atoms with van der Waals surface area (Å²) in [6.07, 6.45) is 0.185. The van der Waals surface area contributed by atoms with Crippen molar-refractivity contribution in [2.75, 3.05) is 0 Å². The van der Waals surface area contributed by atoms with Gasteiger partial charge in [-0.1, -0.05) is 27.7 Å². The number of aliphatic hydroxyl groups excluding tert-OH is 1. The zero-order valence-corrected chi connectivity index (χ0v) is 9.46. The molecule has 0 spiro atoms. The molecule has 0 aliphatic rings. The second-order valence-corrected chi connectivity index (χ2v) is 4.76. The second kappa shape index (κ2) is 4.94. The molecule has 0 aromatic rings. The lowest BCUT2D eigenvalue weighted by atomic mass is 9.85. The van der Waals surface area contributed by atoms with Crippen molar-refractivity contribution in [1.29, 1.82) is 0 Å². The van der Waals surface area contributed by atoms with Crippen LogP contribution < -0.4 is 11.1 Å². The van der Waals surface area contributed by atoms with Gasteiger partial charge in [-0.2, -0.15) is 0 Å². The molecule has 0 aromatic heterocycles. The average Bonchev–Trinajstić information content (AvgIpc) is 1.96. The minimum absolute atomic E-state index is 0.182. The summed E-state index contributed by atoms with van der Waals surface area (Å²) in [6, 6.07) is 0.345. The molecule has 80 valence electrons. The van der Waals surface area contributed by atoms with E-state index in [1.807, 2.05) is 0 Å². The van der Waals surface area contributed by atoms with E-state index in [0.29, 0.717) is 6.04 Å². The smallest absolute Gasteiger partial charge is 0.0813 e. The molecule has 0 saturated carbocycles. The highest BCUT2D eigenvalue weighted by Crippen LogP contribution is 2.21. The molecule has 0 bridgehead atoms. The van der Waals surface area contributed by atoms with Gasteiger partial charge in [-0.25, -0.2) is 0 Å². The SMILES string of the molecule is CCC(N[C@H](N)C(C)O)C(C)(C)C. The summed E-state index contributed by atoms with van der Waals surface area (Å²) >= 11 is 0. The van der Waals surface area contributed by atoms with Gasteiger partial charge in [0.2, 0.25) is 0 Å². The highest BCUT2D eigenvalue weighted by molar-refractivity contribution is 4.82. The molecule has 0 aliphatic heterocycles. The zero-order chi connectivity index (χ0) is 10.6. The Morgan fingerprint density at radius 3 is 2.08 bits per heavy atom. The fourth-order valence-corrected chi connectivity index (χ4v) is 1.35. The summed E-state index contributed by atoms with van der Waals surface area (Å²) in [4.78, 5) is 0. The fraction of sp³-hybridized carbons (Fsp3) is 1.00. The molecular weight excluding hydrogens is 164 g/mol. The quantitative estimate of drug-likeness (QED) is 0.578. The third-order valence-electron chi connectivity index (χ3n) is 2.37. The monoisotopic (exact) mass is 188 g/mol. The Morgan fingerprint density at radius 1 is 1.38 bits per heavy atom. The number of nitrogens with two attached hydrogens (primary N) is 1. The Morgan fingerprint density at radius 2 is 1.85 bits per heavy atom. The molecule has 0 aliphatic carbocycles. The van der Waals surface area contributed by atoms with Gasteiger partial charge < -0.3 is 10.8 Å². The van der Waals surface area contributed by atoms with E-state index in [4.69, 9.17) is 5.73 Å². The predicted molar refractivity (Wildman–Crippen MR) is 56.3 cm³/mol. The number of hydrogen-bond donors (Lipinski definition) is 3. The normalized spacial score (nSPS) is 19.6. The molecule has 3 heteroatoms. The molecule has 0 amide bonds. The van der Waals surface area contributed by atoms with Gasteiger partial charge in [-0.15, -0.1) is 0 Å². The third-order valence-corrected chi connectivity index (χ3v) is 2.37. The van der Waals surface area contributed by atoms with Gasteiger partial charge in [-0.3, -0.25) is 5.32 Å². The summed E-state index contributed by atoms with van der Waals surface area (Å²) in [5.74, 6) is 0. The van der Waals surface area contributed by atoms with Crippen molar-refractivity contribution in [3.63, 3.8) is 0 Å². The van der Waals surface area contributed by atoms with Crippen molar-refractivity contribution in [3.8, 4) is 0 Å². The van der Waals surface area contributed by atoms with Crippen LogP contribution >= 0.6 is 0 Å². The Kier molecular flexibility index (Phi) is 4.89. The van der Waals surface area contributed by atoms with E-state index < -0.39 is 6.10 Å². The van der Waals surface area contributed by atoms with Crippen molar-refractivity contribution in [2.45, 2.75) is 59.4 Å². The Hall–Kier alpha value is -0.120. The van der Waals surface area contributed by atoms with Gasteiger partial charge in [0.15, 0.2) is 0 Å². The van der Waals surface area contributed by atoms with Gasteiger partial charge in [0.25, 0.3) is 0 Å². The molecule has 3 nitrogen and oxygen atoms in total. The third kappa shape index (κ3) is 4.60. The highest BCUT2D eigenvalue weighted by atomic mass is 16.3. The van der Waals surface area contributed by atoms with Gasteiger partial charge in [0.05, 0.1) is 12.3 Å². The minimum Gasteiger partial charge on any atom is -0.390 e. The van der Waals surface area contributed by atoms with E-state index >= 15 is 0 Å². The summed E-state index contributed by atoms with van der Waals surface area (Å²) in [6.45, 7) is 10.3. The zero-order valence-electron chi connectivity index (χ0n) is 9.46.